The van der Waals surface area contributed by atoms with Crippen LogP contribution in [0.2, 0.25) is 0 Å². The number of non-ortho nitro benzene ring substituents is 1. The minimum absolute atomic E-state index is 0.0545. The highest BCUT2D eigenvalue weighted by atomic mass is 16.6. The number of pyridine rings is 1. The van der Waals surface area contributed by atoms with E-state index in [2.05, 4.69) is 4.90 Å². The molecule has 0 radical (unpaired) electrons. The molecule has 0 N–H and O–H groups in total. The van der Waals surface area contributed by atoms with Crippen LogP contribution < -0.4 is 4.90 Å². The number of nitrogens with zero attached hydrogens (tertiary/aromatic N) is 4. The Bertz CT molecular complexity index is 1120. The van der Waals surface area contributed by atoms with Gasteiger partial charge in [-0.1, -0.05) is 18.2 Å². The Labute approximate surface area is 174 Å². The summed E-state index contributed by atoms with van der Waals surface area (Å²) in [5.41, 5.74) is 3.68. The zero-order valence-electron chi connectivity index (χ0n) is 16.5. The second kappa shape index (κ2) is 7.40. The quantitative estimate of drug-likeness (QED) is 0.487. The molecular formula is C23H22N4O3. The van der Waals surface area contributed by atoms with E-state index in [1.165, 1.54) is 12.1 Å². The summed E-state index contributed by atoms with van der Waals surface area (Å²) in [4.78, 5) is 32.7. The molecule has 1 saturated carbocycles. The number of aromatic nitrogens is 1. The minimum atomic E-state index is -0.394. The van der Waals surface area contributed by atoms with Crippen LogP contribution in [0.1, 0.15) is 34.8 Å². The first-order chi connectivity index (χ1) is 14.6. The molecule has 0 spiro atoms. The fourth-order valence-corrected chi connectivity index (χ4v) is 4.08. The van der Waals surface area contributed by atoms with Gasteiger partial charge in [0.15, 0.2) is 0 Å². The zero-order chi connectivity index (χ0) is 20.7. The van der Waals surface area contributed by atoms with E-state index >= 15 is 0 Å². The van der Waals surface area contributed by atoms with E-state index in [0.29, 0.717) is 32.1 Å². The number of anilines is 1. The van der Waals surface area contributed by atoms with Crippen LogP contribution in [0.4, 0.5) is 11.4 Å². The molecule has 2 aliphatic rings. The molecule has 2 aromatic carbocycles. The van der Waals surface area contributed by atoms with Gasteiger partial charge in [-0.2, -0.15) is 0 Å². The summed E-state index contributed by atoms with van der Waals surface area (Å²) in [5.74, 6) is 0.541. The molecule has 3 aromatic rings. The number of hydrogen-bond donors (Lipinski definition) is 0. The smallest absolute Gasteiger partial charge is 0.269 e. The standard InChI is InChI=1S/C23H22N4O3/c28-23(20-15-22(16-5-6-16)24-21-4-2-1-3-19(20)21)26-13-11-25(12-14-26)17-7-9-18(10-8-17)27(29)30/h1-4,7-10,15-16H,5-6,11-14H2. The van der Waals surface area contributed by atoms with Crippen molar-refractivity contribution in [1.82, 2.24) is 9.88 Å². The number of amides is 1. The molecule has 5 rings (SSSR count). The van der Waals surface area contributed by atoms with Crippen molar-refractivity contribution in [2.45, 2.75) is 18.8 Å². The molecule has 7 nitrogen and oxygen atoms in total. The lowest BCUT2D eigenvalue weighted by Crippen LogP contribution is -2.48. The number of nitro groups is 1. The average molecular weight is 402 g/mol. The van der Waals surface area contributed by atoms with Crippen LogP contribution in [-0.2, 0) is 0 Å². The lowest BCUT2D eigenvalue weighted by molar-refractivity contribution is -0.384. The fraction of sp³-hybridized carbons (Fsp3) is 0.304. The van der Waals surface area contributed by atoms with Gasteiger partial charge in [-0.15, -0.1) is 0 Å². The molecule has 1 aliphatic heterocycles. The van der Waals surface area contributed by atoms with Crippen LogP contribution in [-0.4, -0.2) is 46.9 Å². The van der Waals surface area contributed by atoms with Crippen LogP contribution in [0.15, 0.2) is 54.6 Å². The summed E-state index contributed by atoms with van der Waals surface area (Å²) in [6, 6.07) is 16.4. The highest BCUT2D eigenvalue weighted by Gasteiger charge is 2.29. The van der Waals surface area contributed by atoms with E-state index in [4.69, 9.17) is 4.98 Å². The Kier molecular flexibility index (Phi) is 4.58. The SMILES string of the molecule is O=C(c1cc(C2CC2)nc2ccccc12)N1CCN(c2ccc([N+](=O)[O-])cc2)CC1. The molecule has 30 heavy (non-hydrogen) atoms. The Morgan fingerprint density at radius 3 is 2.37 bits per heavy atom. The van der Waals surface area contributed by atoms with Crippen molar-refractivity contribution in [3.8, 4) is 0 Å². The number of benzene rings is 2. The molecular weight excluding hydrogens is 380 g/mol. The van der Waals surface area contributed by atoms with E-state index in [1.54, 1.807) is 12.1 Å². The maximum Gasteiger partial charge on any atom is 0.269 e. The maximum absolute atomic E-state index is 13.4. The minimum Gasteiger partial charge on any atom is -0.368 e. The monoisotopic (exact) mass is 402 g/mol. The van der Waals surface area contributed by atoms with Crippen molar-refractivity contribution < 1.29 is 9.72 Å². The highest BCUT2D eigenvalue weighted by Crippen LogP contribution is 2.40. The van der Waals surface area contributed by atoms with Gasteiger partial charge in [-0.25, -0.2) is 0 Å². The van der Waals surface area contributed by atoms with Crippen LogP contribution in [0.25, 0.3) is 10.9 Å². The number of piperazine rings is 1. The number of carbonyl (C=O) groups excluding carboxylic acids is 1. The Balaban J connectivity index is 1.34. The largest absolute Gasteiger partial charge is 0.368 e. The molecule has 1 aromatic heterocycles. The molecule has 2 heterocycles. The van der Waals surface area contributed by atoms with Gasteiger partial charge in [0, 0.05) is 61.0 Å². The van der Waals surface area contributed by atoms with Gasteiger partial charge in [0.25, 0.3) is 11.6 Å². The van der Waals surface area contributed by atoms with Gasteiger partial charge in [-0.05, 0) is 37.1 Å². The van der Waals surface area contributed by atoms with Gasteiger partial charge >= 0.3 is 0 Å². The van der Waals surface area contributed by atoms with Gasteiger partial charge < -0.3 is 9.80 Å². The molecule has 1 saturated heterocycles. The number of fused-ring (bicyclic) bond motifs is 1. The predicted octanol–water partition coefficient (Wildman–Crippen LogP) is 3.98. The van der Waals surface area contributed by atoms with Crippen molar-refractivity contribution in [3.05, 3.63) is 76.0 Å². The second-order valence-electron chi connectivity index (χ2n) is 7.94. The highest BCUT2D eigenvalue weighted by molar-refractivity contribution is 6.06. The lowest BCUT2D eigenvalue weighted by atomic mass is 10.0. The molecule has 7 heteroatoms. The number of para-hydroxylation sites is 1. The molecule has 1 aliphatic carbocycles. The van der Waals surface area contributed by atoms with Gasteiger partial charge in [0.05, 0.1) is 16.0 Å². The topological polar surface area (TPSA) is 79.6 Å². The van der Waals surface area contributed by atoms with E-state index in [9.17, 15) is 14.9 Å². The van der Waals surface area contributed by atoms with Crippen molar-refractivity contribution >= 4 is 28.2 Å². The summed E-state index contributed by atoms with van der Waals surface area (Å²) < 4.78 is 0. The maximum atomic E-state index is 13.4. The first-order valence-corrected chi connectivity index (χ1v) is 10.3. The zero-order valence-corrected chi connectivity index (χ0v) is 16.5. The summed E-state index contributed by atoms with van der Waals surface area (Å²) >= 11 is 0. The van der Waals surface area contributed by atoms with E-state index in [1.807, 2.05) is 35.2 Å². The normalized spacial score (nSPS) is 16.7. The Morgan fingerprint density at radius 2 is 1.70 bits per heavy atom. The van der Waals surface area contributed by atoms with E-state index < -0.39 is 4.92 Å². The van der Waals surface area contributed by atoms with Gasteiger partial charge in [0.2, 0.25) is 0 Å². The molecule has 1 amide bonds. The fourth-order valence-electron chi connectivity index (χ4n) is 4.08. The van der Waals surface area contributed by atoms with Crippen molar-refractivity contribution in [2.75, 3.05) is 31.1 Å². The third-order valence-corrected chi connectivity index (χ3v) is 5.95. The number of carbonyl (C=O) groups is 1. The summed E-state index contributed by atoms with van der Waals surface area (Å²) in [5, 5.41) is 11.8. The molecule has 0 bridgehead atoms. The first-order valence-electron chi connectivity index (χ1n) is 10.3. The number of nitro benzene ring substituents is 1. The summed E-state index contributed by atoms with van der Waals surface area (Å²) in [7, 11) is 0. The van der Waals surface area contributed by atoms with Crippen LogP contribution in [0.5, 0.6) is 0 Å². The average Bonchev–Trinajstić information content (AvgIpc) is 3.64. The predicted molar refractivity (Wildman–Crippen MR) is 115 cm³/mol. The molecule has 2 fully saturated rings. The van der Waals surface area contributed by atoms with Gasteiger partial charge in [-0.3, -0.25) is 19.9 Å². The third kappa shape index (κ3) is 3.47. The summed E-state index contributed by atoms with van der Waals surface area (Å²) in [6.45, 7) is 2.63. The molecule has 0 atom stereocenters. The van der Waals surface area contributed by atoms with Crippen LogP contribution in [0, 0.1) is 10.1 Å². The summed E-state index contributed by atoms with van der Waals surface area (Å²) in [6.07, 6.45) is 2.29. The van der Waals surface area contributed by atoms with Crippen LogP contribution >= 0.6 is 0 Å². The second-order valence-corrected chi connectivity index (χ2v) is 7.94. The van der Waals surface area contributed by atoms with E-state index in [0.717, 1.165) is 40.7 Å². The Morgan fingerprint density at radius 1 is 1.00 bits per heavy atom. The first kappa shape index (κ1) is 18.5. The van der Waals surface area contributed by atoms with Crippen molar-refractivity contribution in [2.24, 2.45) is 0 Å². The van der Waals surface area contributed by atoms with Crippen LogP contribution in [0.3, 0.4) is 0 Å². The van der Waals surface area contributed by atoms with E-state index in [-0.39, 0.29) is 11.6 Å². The number of rotatable bonds is 4. The molecule has 0 unspecified atom stereocenters. The third-order valence-electron chi connectivity index (χ3n) is 5.95. The number of hydrogen-bond acceptors (Lipinski definition) is 5. The molecule has 152 valence electrons. The lowest BCUT2D eigenvalue weighted by Gasteiger charge is -2.36. The Hall–Kier alpha value is -3.48. The van der Waals surface area contributed by atoms with Crippen molar-refractivity contribution in [1.29, 1.82) is 0 Å². The van der Waals surface area contributed by atoms with Gasteiger partial charge in [0.1, 0.15) is 0 Å². The van der Waals surface area contributed by atoms with Crippen molar-refractivity contribution in [3.63, 3.8) is 0 Å².